The Morgan fingerprint density at radius 2 is 1.93 bits per heavy atom. The Bertz CT molecular complexity index is 868. The molecular weight excluding hydrogens is 372 g/mol. The highest BCUT2D eigenvalue weighted by atomic mass is 16.2. The van der Waals surface area contributed by atoms with Crippen molar-refractivity contribution in [3.8, 4) is 0 Å². The van der Waals surface area contributed by atoms with Crippen LogP contribution in [-0.2, 0) is 16.1 Å². The molecule has 8 nitrogen and oxygen atoms in total. The van der Waals surface area contributed by atoms with Gasteiger partial charge < -0.3 is 11.1 Å². The molecule has 0 aromatic heterocycles. The van der Waals surface area contributed by atoms with Gasteiger partial charge in [0.05, 0.1) is 11.1 Å². The van der Waals surface area contributed by atoms with E-state index in [2.05, 4.69) is 10.6 Å². The first-order valence-electron chi connectivity index (χ1n) is 10.3. The van der Waals surface area contributed by atoms with Crippen molar-refractivity contribution in [2.45, 2.75) is 57.2 Å². The zero-order valence-corrected chi connectivity index (χ0v) is 16.3. The van der Waals surface area contributed by atoms with Crippen LogP contribution >= 0.6 is 0 Å². The zero-order valence-electron chi connectivity index (χ0n) is 16.3. The zero-order chi connectivity index (χ0) is 20.5. The maximum absolute atomic E-state index is 13.1. The average molecular weight is 398 g/mol. The topological polar surface area (TPSA) is 122 Å². The molecule has 2 fully saturated rings. The number of hydrogen-bond donors (Lipinski definition) is 3. The third-order valence-electron chi connectivity index (χ3n) is 6.13. The number of carbonyl (C=O) groups excluding carboxylic acids is 4. The van der Waals surface area contributed by atoms with Gasteiger partial charge in [0.15, 0.2) is 0 Å². The smallest absolute Gasteiger partial charge is 0.262 e. The number of fused-ring (bicyclic) bond motifs is 1. The van der Waals surface area contributed by atoms with E-state index in [9.17, 15) is 19.2 Å². The third kappa shape index (κ3) is 3.82. The van der Waals surface area contributed by atoms with Gasteiger partial charge in [0.25, 0.3) is 11.8 Å². The summed E-state index contributed by atoms with van der Waals surface area (Å²) in [4.78, 5) is 50.5. The Morgan fingerprint density at radius 3 is 2.69 bits per heavy atom. The minimum absolute atomic E-state index is 0.113. The Labute approximate surface area is 169 Å². The highest BCUT2D eigenvalue weighted by Crippen LogP contribution is 2.30. The molecule has 0 radical (unpaired) electrons. The lowest BCUT2D eigenvalue weighted by atomic mass is 9.86. The summed E-state index contributed by atoms with van der Waals surface area (Å²) in [6.45, 7) is 1.29. The fourth-order valence-corrected chi connectivity index (χ4v) is 4.66. The molecule has 29 heavy (non-hydrogen) atoms. The molecule has 1 saturated heterocycles. The fraction of sp³-hybridized carbons (Fsp3) is 0.524. The Kier molecular flexibility index (Phi) is 5.47. The van der Waals surface area contributed by atoms with Crippen molar-refractivity contribution >= 4 is 23.6 Å². The van der Waals surface area contributed by atoms with Crippen LogP contribution in [-0.4, -0.2) is 47.2 Å². The van der Waals surface area contributed by atoms with Crippen molar-refractivity contribution in [2.24, 2.45) is 11.7 Å². The molecule has 4 rings (SSSR count). The Hall–Kier alpha value is -2.58. The van der Waals surface area contributed by atoms with Gasteiger partial charge in [-0.15, -0.1) is 0 Å². The van der Waals surface area contributed by atoms with E-state index in [1.54, 1.807) is 12.1 Å². The first kappa shape index (κ1) is 19.7. The minimum Gasteiger partial charge on any atom is -0.328 e. The van der Waals surface area contributed by atoms with Crippen LogP contribution in [0.3, 0.4) is 0 Å². The predicted octanol–water partition coefficient (Wildman–Crippen LogP) is 0.695. The van der Waals surface area contributed by atoms with E-state index in [1.165, 1.54) is 0 Å². The van der Waals surface area contributed by atoms with Gasteiger partial charge in [-0.2, -0.15) is 0 Å². The molecule has 1 saturated carbocycles. The predicted molar refractivity (Wildman–Crippen MR) is 105 cm³/mol. The summed E-state index contributed by atoms with van der Waals surface area (Å²) in [5.74, 6) is -1.39. The lowest BCUT2D eigenvalue weighted by Gasteiger charge is -2.28. The van der Waals surface area contributed by atoms with Crippen LogP contribution in [0.2, 0.25) is 0 Å². The molecule has 3 atom stereocenters. The van der Waals surface area contributed by atoms with Crippen molar-refractivity contribution in [2.75, 3.05) is 6.54 Å². The van der Waals surface area contributed by atoms with Crippen LogP contribution in [0.1, 0.15) is 64.8 Å². The van der Waals surface area contributed by atoms with Gasteiger partial charge in [-0.3, -0.25) is 29.4 Å². The maximum Gasteiger partial charge on any atom is 0.262 e. The normalized spacial score (nSPS) is 27.2. The number of carbonyl (C=O) groups is 4. The molecule has 2 aliphatic heterocycles. The van der Waals surface area contributed by atoms with E-state index in [0.717, 1.165) is 42.7 Å². The van der Waals surface area contributed by atoms with Crippen LogP contribution in [0.5, 0.6) is 0 Å². The number of piperidine rings is 1. The molecule has 0 bridgehead atoms. The van der Waals surface area contributed by atoms with Gasteiger partial charge in [-0.1, -0.05) is 18.6 Å². The molecular formula is C21H26N4O4. The number of hydrogen-bond acceptors (Lipinski definition) is 6. The monoisotopic (exact) mass is 398 g/mol. The second kappa shape index (κ2) is 8.04. The first-order valence-corrected chi connectivity index (χ1v) is 10.3. The number of benzene rings is 1. The number of nitrogens with one attached hydrogen (secondary N) is 2. The van der Waals surface area contributed by atoms with E-state index < -0.39 is 23.8 Å². The van der Waals surface area contributed by atoms with Crippen molar-refractivity contribution in [1.82, 2.24) is 15.5 Å². The quantitative estimate of drug-likeness (QED) is 0.628. The van der Waals surface area contributed by atoms with Gasteiger partial charge in [0.1, 0.15) is 6.04 Å². The summed E-state index contributed by atoms with van der Waals surface area (Å²) >= 11 is 0. The minimum atomic E-state index is -0.940. The van der Waals surface area contributed by atoms with Gasteiger partial charge in [-0.05, 0) is 49.8 Å². The molecule has 4 N–H and O–H groups in total. The summed E-state index contributed by atoms with van der Waals surface area (Å²) in [6.07, 6.45) is 4.64. The molecule has 2 heterocycles. The van der Waals surface area contributed by atoms with Crippen molar-refractivity contribution in [3.05, 3.63) is 34.9 Å². The van der Waals surface area contributed by atoms with E-state index >= 15 is 0 Å². The molecule has 1 aromatic carbocycles. The summed E-state index contributed by atoms with van der Waals surface area (Å²) in [6, 6.07) is 4.52. The molecule has 154 valence electrons. The van der Waals surface area contributed by atoms with E-state index in [0.29, 0.717) is 23.6 Å². The van der Waals surface area contributed by atoms with Crippen LogP contribution in [0.15, 0.2) is 18.2 Å². The Morgan fingerprint density at radius 1 is 1.10 bits per heavy atom. The fourth-order valence-electron chi connectivity index (χ4n) is 4.66. The molecule has 1 aromatic rings. The molecule has 4 amide bonds. The number of rotatable bonds is 5. The van der Waals surface area contributed by atoms with Gasteiger partial charge in [0.2, 0.25) is 11.8 Å². The molecule has 3 aliphatic rings. The van der Waals surface area contributed by atoms with Gasteiger partial charge in [0, 0.05) is 19.0 Å². The highest BCUT2D eigenvalue weighted by Gasteiger charge is 2.45. The average Bonchev–Trinajstić information content (AvgIpc) is 2.94. The van der Waals surface area contributed by atoms with Gasteiger partial charge >= 0.3 is 0 Å². The van der Waals surface area contributed by atoms with E-state index in [1.807, 2.05) is 6.07 Å². The highest BCUT2D eigenvalue weighted by molar-refractivity contribution is 6.24. The van der Waals surface area contributed by atoms with Gasteiger partial charge in [-0.25, -0.2) is 0 Å². The SMILES string of the molecule is NC1CCCC(CNCc2cccc3c2C(=O)N(C2CCC(=O)NC2=O)C3=O)C1. The van der Waals surface area contributed by atoms with Crippen molar-refractivity contribution < 1.29 is 19.2 Å². The maximum atomic E-state index is 13.1. The van der Waals surface area contributed by atoms with Crippen LogP contribution in [0, 0.1) is 5.92 Å². The lowest BCUT2D eigenvalue weighted by molar-refractivity contribution is -0.136. The molecule has 0 spiro atoms. The first-order chi connectivity index (χ1) is 14.0. The molecule has 8 heteroatoms. The summed E-state index contributed by atoms with van der Waals surface area (Å²) in [5, 5.41) is 5.62. The third-order valence-corrected chi connectivity index (χ3v) is 6.13. The molecule has 1 aliphatic carbocycles. The van der Waals surface area contributed by atoms with Crippen LogP contribution < -0.4 is 16.4 Å². The standard InChI is InChI=1S/C21H26N4O4/c22-14-5-1-3-12(9-14)10-23-11-13-4-2-6-15-18(13)21(29)25(20(15)28)16-7-8-17(26)24-19(16)27/h2,4,6,12,14,16,23H,1,3,5,7-11,22H2,(H,24,26,27). The number of imide groups is 2. The van der Waals surface area contributed by atoms with E-state index in [-0.39, 0.29) is 24.8 Å². The van der Waals surface area contributed by atoms with Crippen molar-refractivity contribution in [3.63, 3.8) is 0 Å². The largest absolute Gasteiger partial charge is 0.328 e. The number of amides is 4. The van der Waals surface area contributed by atoms with Crippen LogP contribution in [0.4, 0.5) is 0 Å². The second-order valence-corrected chi connectivity index (χ2v) is 8.21. The summed E-state index contributed by atoms with van der Waals surface area (Å²) < 4.78 is 0. The second-order valence-electron chi connectivity index (χ2n) is 8.21. The van der Waals surface area contributed by atoms with Crippen molar-refractivity contribution in [1.29, 1.82) is 0 Å². The lowest BCUT2D eigenvalue weighted by Crippen LogP contribution is -2.54. The summed E-state index contributed by atoms with van der Waals surface area (Å²) in [7, 11) is 0. The number of nitrogens with zero attached hydrogens (tertiary/aromatic N) is 1. The van der Waals surface area contributed by atoms with Crippen LogP contribution in [0.25, 0.3) is 0 Å². The Balaban J connectivity index is 1.47. The summed E-state index contributed by atoms with van der Waals surface area (Å²) in [5.41, 5.74) is 7.47. The molecule has 3 unspecified atom stereocenters. The van der Waals surface area contributed by atoms with E-state index in [4.69, 9.17) is 5.73 Å². The number of nitrogens with two attached hydrogens (primary N) is 1.